The van der Waals surface area contributed by atoms with Crippen molar-refractivity contribution in [3.8, 4) is 0 Å². The molecule has 1 amide bonds. The molecule has 0 spiro atoms. The van der Waals surface area contributed by atoms with Gasteiger partial charge in [0.2, 0.25) is 0 Å². The molecule has 3 rings (SSSR count). The lowest BCUT2D eigenvalue weighted by Crippen LogP contribution is -2.27. The first kappa shape index (κ1) is 19.9. The minimum atomic E-state index is -3.78. The summed E-state index contributed by atoms with van der Waals surface area (Å²) in [5, 5.41) is 3.48. The van der Waals surface area contributed by atoms with E-state index in [9.17, 15) is 13.2 Å². The number of halogens is 1. The average molecular weight is 415 g/mol. The van der Waals surface area contributed by atoms with Crippen LogP contribution in [0.25, 0.3) is 0 Å². The molecule has 0 fully saturated rings. The van der Waals surface area contributed by atoms with Crippen molar-refractivity contribution in [2.24, 2.45) is 0 Å². The van der Waals surface area contributed by atoms with Gasteiger partial charge in [0, 0.05) is 11.6 Å². The van der Waals surface area contributed by atoms with Gasteiger partial charge in [-0.05, 0) is 48.4 Å². The Bertz CT molecular complexity index is 1050. The Labute approximate surface area is 169 Å². The molecule has 3 aromatic carbocycles. The summed E-state index contributed by atoms with van der Waals surface area (Å²) in [5.41, 5.74) is 1.54. The van der Waals surface area contributed by atoms with E-state index in [2.05, 4.69) is 10.0 Å². The van der Waals surface area contributed by atoms with Crippen LogP contribution in [0, 0.1) is 0 Å². The van der Waals surface area contributed by atoms with Crippen LogP contribution >= 0.6 is 11.6 Å². The first-order chi connectivity index (χ1) is 13.5. The summed E-state index contributed by atoms with van der Waals surface area (Å²) in [4.78, 5) is 12.7. The molecule has 28 heavy (non-hydrogen) atoms. The van der Waals surface area contributed by atoms with Crippen molar-refractivity contribution in [2.75, 3.05) is 11.3 Å². The molecule has 0 saturated carbocycles. The fraction of sp³-hybridized carbons (Fsp3) is 0.0952. The minimum absolute atomic E-state index is 0.132. The highest BCUT2D eigenvalue weighted by atomic mass is 35.5. The first-order valence-electron chi connectivity index (χ1n) is 8.65. The lowest BCUT2D eigenvalue weighted by Gasteiger charge is -2.13. The maximum atomic E-state index is 12.6. The molecule has 0 radical (unpaired) electrons. The molecule has 0 aromatic heterocycles. The maximum absolute atomic E-state index is 12.6. The molecule has 0 aliphatic carbocycles. The first-order valence-corrected chi connectivity index (χ1v) is 10.5. The van der Waals surface area contributed by atoms with Crippen LogP contribution in [0.1, 0.15) is 15.9 Å². The molecular weight excluding hydrogens is 396 g/mol. The van der Waals surface area contributed by atoms with E-state index >= 15 is 0 Å². The van der Waals surface area contributed by atoms with Gasteiger partial charge in [0.25, 0.3) is 15.9 Å². The Morgan fingerprint density at radius 3 is 2.21 bits per heavy atom. The molecule has 0 unspecified atom stereocenters. The van der Waals surface area contributed by atoms with Gasteiger partial charge >= 0.3 is 0 Å². The molecule has 7 heteroatoms. The Balaban J connectivity index is 1.69. The molecule has 5 nitrogen and oxygen atoms in total. The van der Waals surface area contributed by atoms with Gasteiger partial charge in [-0.2, -0.15) is 0 Å². The molecule has 0 saturated heterocycles. The molecule has 144 valence electrons. The second-order valence-corrected chi connectivity index (χ2v) is 8.22. The fourth-order valence-corrected chi connectivity index (χ4v) is 3.87. The smallest absolute Gasteiger partial charge is 0.261 e. The topological polar surface area (TPSA) is 75.3 Å². The van der Waals surface area contributed by atoms with Gasteiger partial charge in [0.05, 0.1) is 16.1 Å². The molecule has 0 bridgehead atoms. The van der Waals surface area contributed by atoms with Crippen LogP contribution in [0.5, 0.6) is 0 Å². The minimum Gasteiger partial charge on any atom is -0.352 e. The number of anilines is 1. The lowest BCUT2D eigenvalue weighted by molar-refractivity contribution is 0.0955. The van der Waals surface area contributed by atoms with Gasteiger partial charge in [-0.15, -0.1) is 0 Å². The SMILES string of the molecule is O=C(NCCc1ccc(Cl)cc1)c1ccccc1NS(=O)(=O)c1ccccc1. The molecular formula is C21H19ClN2O3S. The van der Waals surface area contributed by atoms with Crippen LogP contribution in [-0.4, -0.2) is 20.9 Å². The number of rotatable bonds is 7. The quantitative estimate of drug-likeness (QED) is 0.610. The van der Waals surface area contributed by atoms with Gasteiger partial charge in [0.15, 0.2) is 0 Å². The molecule has 3 aromatic rings. The third kappa shape index (κ3) is 5.12. The van der Waals surface area contributed by atoms with Crippen LogP contribution in [0.2, 0.25) is 5.02 Å². The highest BCUT2D eigenvalue weighted by molar-refractivity contribution is 7.92. The highest BCUT2D eigenvalue weighted by Gasteiger charge is 2.18. The predicted octanol–water partition coefficient (Wildman–Crippen LogP) is 4.11. The third-order valence-corrected chi connectivity index (χ3v) is 5.72. The second kappa shape index (κ2) is 8.91. The summed E-state index contributed by atoms with van der Waals surface area (Å²) in [7, 11) is -3.78. The number of sulfonamides is 1. The Kier molecular flexibility index (Phi) is 6.34. The standard InChI is InChI=1S/C21H19ClN2O3S/c22-17-12-10-16(11-13-17)14-15-23-21(25)19-8-4-5-9-20(19)24-28(26,27)18-6-2-1-3-7-18/h1-13,24H,14-15H2,(H,23,25). The van der Waals surface area contributed by atoms with Gasteiger partial charge in [-0.1, -0.05) is 54.1 Å². The van der Waals surface area contributed by atoms with Crippen molar-refractivity contribution in [3.05, 3.63) is 95.0 Å². The highest BCUT2D eigenvalue weighted by Crippen LogP contribution is 2.20. The summed E-state index contributed by atoms with van der Waals surface area (Å²) < 4.78 is 27.6. The predicted molar refractivity (Wildman–Crippen MR) is 111 cm³/mol. The van der Waals surface area contributed by atoms with Gasteiger partial charge in [0.1, 0.15) is 0 Å². The number of carbonyl (C=O) groups is 1. The average Bonchev–Trinajstić information content (AvgIpc) is 2.70. The van der Waals surface area contributed by atoms with E-state index in [4.69, 9.17) is 11.6 Å². The Hall–Kier alpha value is -2.83. The van der Waals surface area contributed by atoms with Crippen molar-refractivity contribution >= 4 is 33.2 Å². The third-order valence-electron chi connectivity index (χ3n) is 4.08. The number of hydrogen-bond acceptors (Lipinski definition) is 3. The normalized spacial score (nSPS) is 11.0. The van der Waals surface area contributed by atoms with Crippen molar-refractivity contribution in [2.45, 2.75) is 11.3 Å². The monoisotopic (exact) mass is 414 g/mol. The van der Waals surface area contributed by atoms with E-state index in [-0.39, 0.29) is 22.1 Å². The van der Waals surface area contributed by atoms with E-state index in [1.807, 2.05) is 12.1 Å². The van der Waals surface area contributed by atoms with Crippen LogP contribution in [0.4, 0.5) is 5.69 Å². The van der Waals surface area contributed by atoms with Crippen LogP contribution in [-0.2, 0) is 16.4 Å². The Morgan fingerprint density at radius 2 is 1.50 bits per heavy atom. The fourth-order valence-electron chi connectivity index (χ4n) is 2.64. The van der Waals surface area contributed by atoms with Crippen LogP contribution < -0.4 is 10.0 Å². The molecule has 0 aliphatic heterocycles. The number of para-hydroxylation sites is 1. The molecule has 2 N–H and O–H groups in total. The Morgan fingerprint density at radius 1 is 0.857 bits per heavy atom. The van der Waals surface area contributed by atoms with Gasteiger partial charge < -0.3 is 5.32 Å². The van der Waals surface area contributed by atoms with E-state index < -0.39 is 10.0 Å². The number of benzene rings is 3. The number of carbonyl (C=O) groups excluding carboxylic acids is 1. The summed E-state index contributed by atoms with van der Waals surface area (Å²) in [6.07, 6.45) is 0.640. The molecule has 0 heterocycles. The van der Waals surface area contributed by atoms with E-state index in [0.717, 1.165) is 5.56 Å². The zero-order chi connectivity index (χ0) is 20.0. The summed E-state index contributed by atoms with van der Waals surface area (Å²) >= 11 is 5.86. The van der Waals surface area contributed by atoms with Crippen LogP contribution in [0.3, 0.4) is 0 Å². The molecule has 0 atom stereocenters. The van der Waals surface area contributed by atoms with Gasteiger partial charge in [-0.25, -0.2) is 8.42 Å². The van der Waals surface area contributed by atoms with Crippen molar-refractivity contribution in [1.29, 1.82) is 0 Å². The number of nitrogens with one attached hydrogen (secondary N) is 2. The van der Waals surface area contributed by atoms with E-state index in [1.54, 1.807) is 54.6 Å². The zero-order valence-corrected chi connectivity index (χ0v) is 16.5. The van der Waals surface area contributed by atoms with Crippen molar-refractivity contribution < 1.29 is 13.2 Å². The zero-order valence-electron chi connectivity index (χ0n) is 14.9. The lowest BCUT2D eigenvalue weighted by atomic mass is 10.1. The second-order valence-electron chi connectivity index (χ2n) is 6.10. The van der Waals surface area contributed by atoms with E-state index in [0.29, 0.717) is 18.0 Å². The largest absolute Gasteiger partial charge is 0.352 e. The molecule has 0 aliphatic rings. The summed E-state index contributed by atoms with van der Waals surface area (Å²) in [5.74, 6) is -0.347. The van der Waals surface area contributed by atoms with Crippen LogP contribution in [0.15, 0.2) is 83.8 Å². The summed E-state index contributed by atoms with van der Waals surface area (Å²) in [6, 6.07) is 21.9. The van der Waals surface area contributed by atoms with Crippen molar-refractivity contribution in [3.63, 3.8) is 0 Å². The van der Waals surface area contributed by atoms with Crippen molar-refractivity contribution in [1.82, 2.24) is 5.32 Å². The van der Waals surface area contributed by atoms with Gasteiger partial charge in [-0.3, -0.25) is 9.52 Å². The summed E-state index contributed by atoms with van der Waals surface area (Å²) in [6.45, 7) is 0.417. The number of hydrogen-bond donors (Lipinski definition) is 2. The maximum Gasteiger partial charge on any atom is 0.261 e. The number of amides is 1. The van der Waals surface area contributed by atoms with E-state index in [1.165, 1.54) is 12.1 Å².